The van der Waals surface area contributed by atoms with E-state index >= 15 is 0 Å². The third-order valence-electron chi connectivity index (χ3n) is 2.06. The molecular weight excluding hydrogens is 266 g/mol. The molecule has 1 N–H and O–H groups in total. The molecule has 0 atom stereocenters. The van der Waals surface area contributed by atoms with Crippen LogP contribution in [-0.2, 0) is 20.4 Å². The fourth-order valence-electron chi connectivity index (χ4n) is 1.26. The van der Waals surface area contributed by atoms with Crippen molar-refractivity contribution in [2.75, 3.05) is 7.11 Å². The minimum Gasteiger partial charge on any atom is -0.496 e. The summed E-state index contributed by atoms with van der Waals surface area (Å²) in [6.07, 6.45) is 0. The minimum absolute atomic E-state index is 0.0275. The standard InChI is InChI=1S/C10H12ClNO4S/c1-7(13)12-6-8-5-9(17(11,14)15)3-4-10(8)16-2/h3-5H,6H2,1-2H3,(H,12,13). The third-order valence-corrected chi connectivity index (χ3v) is 3.41. The Morgan fingerprint density at radius 3 is 2.59 bits per heavy atom. The Bertz CT molecular complexity index is 527. The smallest absolute Gasteiger partial charge is 0.261 e. The van der Waals surface area contributed by atoms with Crippen LogP contribution in [0.4, 0.5) is 0 Å². The molecule has 0 bridgehead atoms. The molecule has 1 amide bonds. The van der Waals surface area contributed by atoms with Crippen molar-refractivity contribution in [3.05, 3.63) is 23.8 Å². The van der Waals surface area contributed by atoms with Gasteiger partial charge in [-0.3, -0.25) is 4.79 Å². The lowest BCUT2D eigenvalue weighted by molar-refractivity contribution is -0.119. The molecule has 0 unspecified atom stereocenters. The van der Waals surface area contributed by atoms with Crippen molar-refractivity contribution < 1.29 is 17.9 Å². The molecule has 0 radical (unpaired) electrons. The molecule has 1 rings (SSSR count). The second-order valence-corrected chi connectivity index (χ2v) is 5.89. The van der Waals surface area contributed by atoms with E-state index in [4.69, 9.17) is 15.4 Å². The molecular formula is C10H12ClNO4S. The fraction of sp³-hybridized carbons (Fsp3) is 0.300. The van der Waals surface area contributed by atoms with E-state index in [2.05, 4.69) is 5.32 Å². The summed E-state index contributed by atoms with van der Waals surface area (Å²) in [6, 6.07) is 4.21. The average Bonchev–Trinajstić information content (AvgIpc) is 2.24. The molecule has 17 heavy (non-hydrogen) atoms. The molecule has 0 aliphatic rings. The van der Waals surface area contributed by atoms with Crippen molar-refractivity contribution >= 4 is 25.6 Å². The molecule has 0 aliphatic carbocycles. The first-order valence-electron chi connectivity index (χ1n) is 4.70. The first kappa shape index (κ1) is 13.8. The van der Waals surface area contributed by atoms with Crippen molar-refractivity contribution in [2.24, 2.45) is 0 Å². The summed E-state index contributed by atoms with van der Waals surface area (Å²) in [6.45, 7) is 1.55. The van der Waals surface area contributed by atoms with Crippen LogP contribution in [0.3, 0.4) is 0 Å². The van der Waals surface area contributed by atoms with Crippen LogP contribution in [0.25, 0.3) is 0 Å². The number of hydrogen-bond acceptors (Lipinski definition) is 4. The van der Waals surface area contributed by atoms with E-state index in [9.17, 15) is 13.2 Å². The number of carbonyl (C=O) groups excluding carboxylic acids is 1. The van der Waals surface area contributed by atoms with Gasteiger partial charge in [-0.05, 0) is 18.2 Å². The van der Waals surface area contributed by atoms with Gasteiger partial charge in [0.1, 0.15) is 5.75 Å². The highest BCUT2D eigenvalue weighted by atomic mass is 35.7. The lowest BCUT2D eigenvalue weighted by atomic mass is 10.2. The summed E-state index contributed by atoms with van der Waals surface area (Å²) < 4.78 is 27.4. The Morgan fingerprint density at radius 2 is 2.12 bits per heavy atom. The van der Waals surface area contributed by atoms with Crippen molar-refractivity contribution in [3.63, 3.8) is 0 Å². The van der Waals surface area contributed by atoms with Gasteiger partial charge in [0.05, 0.1) is 12.0 Å². The molecule has 5 nitrogen and oxygen atoms in total. The van der Waals surface area contributed by atoms with E-state index in [1.54, 1.807) is 0 Å². The molecule has 94 valence electrons. The van der Waals surface area contributed by atoms with E-state index in [-0.39, 0.29) is 17.3 Å². The zero-order chi connectivity index (χ0) is 13.1. The number of ether oxygens (including phenoxy) is 1. The topological polar surface area (TPSA) is 72.5 Å². The van der Waals surface area contributed by atoms with Crippen LogP contribution in [0.2, 0.25) is 0 Å². The average molecular weight is 278 g/mol. The van der Waals surface area contributed by atoms with Gasteiger partial charge in [0.2, 0.25) is 5.91 Å². The predicted molar refractivity (Wildman–Crippen MR) is 63.6 cm³/mol. The normalized spacial score (nSPS) is 11.0. The number of halogens is 1. The molecule has 1 aromatic carbocycles. The Balaban J connectivity index is 3.11. The fourth-order valence-corrected chi connectivity index (χ4v) is 2.07. The zero-order valence-corrected chi connectivity index (χ0v) is 10.9. The van der Waals surface area contributed by atoms with E-state index < -0.39 is 9.05 Å². The number of methoxy groups -OCH3 is 1. The van der Waals surface area contributed by atoms with Crippen molar-refractivity contribution in [2.45, 2.75) is 18.4 Å². The number of benzene rings is 1. The number of nitrogens with one attached hydrogen (secondary N) is 1. The number of carbonyl (C=O) groups is 1. The highest BCUT2D eigenvalue weighted by molar-refractivity contribution is 8.13. The zero-order valence-electron chi connectivity index (χ0n) is 9.36. The highest BCUT2D eigenvalue weighted by Crippen LogP contribution is 2.24. The van der Waals surface area contributed by atoms with Gasteiger partial charge in [-0.2, -0.15) is 0 Å². The van der Waals surface area contributed by atoms with Crippen LogP contribution >= 0.6 is 10.7 Å². The molecule has 1 aromatic rings. The van der Waals surface area contributed by atoms with E-state index in [1.807, 2.05) is 0 Å². The van der Waals surface area contributed by atoms with Crippen LogP contribution < -0.4 is 10.1 Å². The number of rotatable bonds is 4. The summed E-state index contributed by atoms with van der Waals surface area (Å²) >= 11 is 0. The van der Waals surface area contributed by atoms with Gasteiger partial charge >= 0.3 is 0 Å². The van der Waals surface area contributed by atoms with E-state index in [1.165, 1.54) is 32.2 Å². The molecule has 0 aliphatic heterocycles. The summed E-state index contributed by atoms with van der Waals surface area (Å²) in [5.41, 5.74) is 0.546. The molecule has 0 saturated heterocycles. The molecule has 0 saturated carbocycles. The predicted octanol–water partition coefficient (Wildman–Crippen LogP) is 1.26. The molecule has 0 spiro atoms. The Kier molecular flexibility index (Phi) is 4.36. The Labute approximate surface area is 104 Å². The van der Waals surface area contributed by atoms with Gasteiger partial charge in [-0.1, -0.05) is 0 Å². The minimum atomic E-state index is -3.78. The number of amides is 1. The lowest BCUT2D eigenvalue weighted by Crippen LogP contribution is -2.19. The van der Waals surface area contributed by atoms with Crippen LogP contribution in [0.5, 0.6) is 5.75 Å². The third kappa shape index (κ3) is 3.90. The van der Waals surface area contributed by atoms with Crippen molar-refractivity contribution in [1.29, 1.82) is 0 Å². The van der Waals surface area contributed by atoms with Crippen molar-refractivity contribution in [1.82, 2.24) is 5.32 Å². The van der Waals surface area contributed by atoms with Gasteiger partial charge in [0.25, 0.3) is 9.05 Å². The summed E-state index contributed by atoms with van der Waals surface area (Å²) in [5, 5.41) is 2.56. The number of hydrogen-bond donors (Lipinski definition) is 1. The van der Waals surface area contributed by atoms with Crippen LogP contribution in [0, 0.1) is 0 Å². The second kappa shape index (κ2) is 5.37. The van der Waals surface area contributed by atoms with Crippen LogP contribution in [0.15, 0.2) is 23.1 Å². The van der Waals surface area contributed by atoms with Crippen molar-refractivity contribution in [3.8, 4) is 5.75 Å². The first-order valence-corrected chi connectivity index (χ1v) is 7.01. The monoisotopic (exact) mass is 277 g/mol. The van der Waals surface area contributed by atoms with Gasteiger partial charge in [0, 0.05) is 29.7 Å². The molecule has 7 heteroatoms. The van der Waals surface area contributed by atoms with Crippen LogP contribution in [0.1, 0.15) is 12.5 Å². The molecule has 0 fully saturated rings. The quantitative estimate of drug-likeness (QED) is 0.841. The highest BCUT2D eigenvalue weighted by Gasteiger charge is 2.13. The summed E-state index contributed by atoms with van der Waals surface area (Å²) in [4.78, 5) is 10.8. The van der Waals surface area contributed by atoms with E-state index in [0.29, 0.717) is 11.3 Å². The Morgan fingerprint density at radius 1 is 1.47 bits per heavy atom. The first-order chi connectivity index (χ1) is 7.84. The van der Waals surface area contributed by atoms with Gasteiger partial charge < -0.3 is 10.1 Å². The van der Waals surface area contributed by atoms with Gasteiger partial charge in [0.15, 0.2) is 0 Å². The maximum Gasteiger partial charge on any atom is 0.261 e. The lowest BCUT2D eigenvalue weighted by Gasteiger charge is -2.09. The van der Waals surface area contributed by atoms with Gasteiger partial charge in [-0.15, -0.1) is 0 Å². The van der Waals surface area contributed by atoms with Crippen LogP contribution in [-0.4, -0.2) is 21.4 Å². The van der Waals surface area contributed by atoms with Gasteiger partial charge in [-0.25, -0.2) is 8.42 Å². The largest absolute Gasteiger partial charge is 0.496 e. The summed E-state index contributed by atoms with van der Waals surface area (Å²) in [5.74, 6) is 0.272. The maximum absolute atomic E-state index is 11.2. The molecule has 0 heterocycles. The molecule has 0 aromatic heterocycles. The SMILES string of the molecule is COc1ccc(S(=O)(=O)Cl)cc1CNC(C)=O. The second-order valence-electron chi connectivity index (χ2n) is 3.32. The maximum atomic E-state index is 11.2. The Hall–Kier alpha value is -1.27. The van der Waals surface area contributed by atoms with E-state index in [0.717, 1.165) is 0 Å². The summed E-state index contributed by atoms with van der Waals surface area (Å²) in [7, 11) is 2.91.